The number of nitrogens with zero attached hydrogens (tertiary/aromatic N) is 2. The maximum Gasteiger partial charge on any atom is 0.319 e. The highest BCUT2D eigenvalue weighted by molar-refractivity contribution is 6.31. The molecular formula is C15H19ClN4O2. The van der Waals surface area contributed by atoms with E-state index in [1.165, 1.54) is 7.11 Å². The average molecular weight is 323 g/mol. The van der Waals surface area contributed by atoms with E-state index in [4.69, 9.17) is 16.3 Å². The largest absolute Gasteiger partial charge is 0.495 e. The number of hydrogen-bond donors (Lipinski definition) is 2. The minimum absolute atomic E-state index is 0.273. The molecule has 1 aromatic carbocycles. The first-order valence-electron chi connectivity index (χ1n) is 6.95. The number of carbonyl (C=O) groups is 1. The molecule has 0 spiro atoms. The Kier molecular flexibility index (Phi) is 5.66. The molecule has 2 amide bonds. The molecule has 7 heteroatoms. The van der Waals surface area contributed by atoms with Gasteiger partial charge in [0.25, 0.3) is 0 Å². The monoisotopic (exact) mass is 322 g/mol. The quantitative estimate of drug-likeness (QED) is 0.803. The molecule has 0 aliphatic rings. The van der Waals surface area contributed by atoms with Gasteiger partial charge in [0, 0.05) is 36.6 Å². The standard InChI is InChI=1S/C15H19ClN4O2/c1-11-8-13(14(22-2)9-12(11)16)19-15(21)18-4-3-6-20-7-5-17-10-20/h5,7-10H,3-4,6H2,1-2H3,(H2,18,19,21). The summed E-state index contributed by atoms with van der Waals surface area (Å²) in [4.78, 5) is 15.9. The average Bonchev–Trinajstić information content (AvgIpc) is 3.00. The Morgan fingerprint density at radius 2 is 2.27 bits per heavy atom. The second kappa shape index (κ2) is 7.70. The van der Waals surface area contributed by atoms with Crippen LogP contribution in [0.5, 0.6) is 5.75 Å². The van der Waals surface area contributed by atoms with Crippen molar-refractivity contribution in [3.63, 3.8) is 0 Å². The third kappa shape index (κ3) is 4.39. The Morgan fingerprint density at radius 1 is 1.45 bits per heavy atom. The molecule has 2 rings (SSSR count). The normalized spacial score (nSPS) is 10.3. The van der Waals surface area contributed by atoms with Crippen LogP contribution in [0.4, 0.5) is 10.5 Å². The van der Waals surface area contributed by atoms with Gasteiger partial charge in [-0.2, -0.15) is 0 Å². The summed E-state index contributed by atoms with van der Waals surface area (Å²) in [5.74, 6) is 0.532. The van der Waals surface area contributed by atoms with Crippen LogP contribution >= 0.6 is 11.6 Å². The second-order valence-electron chi connectivity index (χ2n) is 4.84. The van der Waals surface area contributed by atoms with Crippen LogP contribution in [0.1, 0.15) is 12.0 Å². The van der Waals surface area contributed by atoms with Gasteiger partial charge in [-0.05, 0) is 25.0 Å². The lowest BCUT2D eigenvalue weighted by Crippen LogP contribution is -2.30. The number of benzene rings is 1. The fourth-order valence-corrected chi connectivity index (χ4v) is 2.13. The molecule has 2 N–H and O–H groups in total. The maximum absolute atomic E-state index is 11.9. The fourth-order valence-electron chi connectivity index (χ4n) is 1.98. The Hall–Kier alpha value is -2.21. The number of aromatic nitrogens is 2. The highest BCUT2D eigenvalue weighted by Crippen LogP contribution is 2.30. The van der Waals surface area contributed by atoms with Crippen molar-refractivity contribution >= 4 is 23.3 Å². The number of rotatable bonds is 6. The topological polar surface area (TPSA) is 68.2 Å². The number of imidazole rings is 1. The number of aryl methyl sites for hydroxylation is 2. The van der Waals surface area contributed by atoms with Gasteiger partial charge in [0.15, 0.2) is 0 Å². The Morgan fingerprint density at radius 3 is 2.95 bits per heavy atom. The van der Waals surface area contributed by atoms with Gasteiger partial charge in [0.05, 0.1) is 19.1 Å². The van der Waals surface area contributed by atoms with E-state index in [0.717, 1.165) is 18.5 Å². The van der Waals surface area contributed by atoms with E-state index in [1.54, 1.807) is 24.7 Å². The second-order valence-corrected chi connectivity index (χ2v) is 5.24. The lowest BCUT2D eigenvalue weighted by atomic mass is 10.2. The zero-order valence-electron chi connectivity index (χ0n) is 12.6. The molecule has 0 aliphatic carbocycles. The number of urea groups is 1. The van der Waals surface area contributed by atoms with E-state index >= 15 is 0 Å². The molecule has 0 aliphatic heterocycles. The number of ether oxygens (including phenoxy) is 1. The van der Waals surface area contributed by atoms with Crippen molar-refractivity contribution in [2.75, 3.05) is 19.0 Å². The van der Waals surface area contributed by atoms with E-state index in [-0.39, 0.29) is 6.03 Å². The number of methoxy groups -OCH3 is 1. The van der Waals surface area contributed by atoms with Crippen LogP contribution in [0.25, 0.3) is 0 Å². The summed E-state index contributed by atoms with van der Waals surface area (Å²) in [7, 11) is 1.54. The van der Waals surface area contributed by atoms with Crippen LogP contribution in [-0.2, 0) is 6.54 Å². The van der Waals surface area contributed by atoms with Crippen LogP contribution in [0.15, 0.2) is 30.9 Å². The summed E-state index contributed by atoms with van der Waals surface area (Å²) in [5, 5.41) is 6.18. The van der Waals surface area contributed by atoms with E-state index in [9.17, 15) is 4.79 Å². The molecule has 2 aromatic rings. The zero-order chi connectivity index (χ0) is 15.9. The van der Waals surface area contributed by atoms with E-state index in [2.05, 4.69) is 15.6 Å². The first-order valence-corrected chi connectivity index (χ1v) is 7.32. The van der Waals surface area contributed by atoms with Crippen LogP contribution in [0, 0.1) is 6.92 Å². The predicted octanol–water partition coefficient (Wildman–Crippen LogP) is 3.07. The molecule has 1 heterocycles. The van der Waals surface area contributed by atoms with Crippen molar-refractivity contribution in [1.29, 1.82) is 0 Å². The summed E-state index contributed by atoms with van der Waals surface area (Å²) >= 11 is 6.04. The lowest BCUT2D eigenvalue weighted by molar-refractivity contribution is 0.251. The number of amides is 2. The molecule has 118 valence electrons. The Balaban J connectivity index is 1.82. The molecule has 0 saturated carbocycles. The summed E-state index contributed by atoms with van der Waals surface area (Å²) < 4.78 is 7.18. The van der Waals surface area contributed by atoms with Crippen molar-refractivity contribution < 1.29 is 9.53 Å². The van der Waals surface area contributed by atoms with Gasteiger partial charge in [-0.1, -0.05) is 11.6 Å². The molecule has 6 nitrogen and oxygen atoms in total. The summed E-state index contributed by atoms with van der Waals surface area (Å²) in [6, 6.07) is 3.20. The molecular weight excluding hydrogens is 304 g/mol. The third-order valence-corrected chi connectivity index (χ3v) is 3.57. The number of nitrogens with one attached hydrogen (secondary N) is 2. The molecule has 1 aromatic heterocycles. The SMILES string of the molecule is COc1cc(Cl)c(C)cc1NC(=O)NCCCn1ccnc1. The van der Waals surface area contributed by atoms with Gasteiger partial charge in [-0.3, -0.25) is 0 Å². The highest BCUT2D eigenvalue weighted by atomic mass is 35.5. The summed E-state index contributed by atoms with van der Waals surface area (Å²) in [5.41, 5.74) is 1.47. The predicted molar refractivity (Wildman–Crippen MR) is 86.6 cm³/mol. The minimum Gasteiger partial charge on any atom is -0.495 e. The Bertz CT molecular complexity index is 629. The Labute approximate surface area is 134 Å². The van der Waals surface area contributed by atoms with Gasteiger partial charge in [-0.25, -0.2) is 9.78 Å². The molecule has 0 unspecified atom stereocenters. The van der Waals surface area contributed by atoms with Gasteiger partial charge < -0.3 is 19.9 Å². The summed E-state index contributed by atoms with van der Waals surface area (Å²) in [6.45, 7) is 3.25. The number of halogens is 1. The fraction of sp³-hybridized carbons (Fsp3) is 0.333. The van der Waals surface area contributed by atoms with E-state index < -0.39 is 0 Å². The lowest BCUT2D eigenvalue weighted by Gasteiger charge is -2.13. The van der Waals surface area contributed by atoms with Gasteiger partial charge in [0.1, 0.15) is 5.75 Å². The molecule has 0 atom stereocenters. The minimum atomic E-state index is -0.273. The first-order chi connectivity index (χ1) is 10.6. The van der Waals surface area contributed by atoms with Gasteiger partial charge in [0.2, 0.25) is 0 Å². The molecule has 0 bridgehead atoms. The van der Waals surface area contributed by atoms with Crippen LogP contribution in [-0.4, -0.2) is 29.2 Å². The van der Waals surface area contributed by atoms with Crippen molar-refractivity contribution in [2.24, 2.45) is 0 Å². The van der Waals surface area contributed by atoms with Crippen molar-refractivity contribution in [3.8, 4) is 5.75 Å². The summed E-state index contributed by atoms with van der Waals surface area (Å²) in [6.07, 6.45) is 6.19. The van der Waals surface area contributed by atoms with Gasteiger partial charge >= 0.3 is 6.03 Å². The van der Waals surface area contributed by atoms with Gasteiger partial charge in [-0.15, -0.1) is 0 Å². The number of carbonyl (C=O) groups excluding carboxylic acids is 1. The smallest absolute Gasteiger partial charge is 0.319 e. The van der Waals surface area contributed by atoms with E-state index in [1.807, 2.05) is 17.7 Å². The molecule has 0 saturated heterocycles. The molecule has 0 radical (unpaired) electrons. The van der Waals surface area contributed by atoms with Crippen LogP contribution < -0.4 is 15.4 Å². The number of hydrogen-bond acceptors (Lipinski definition) is 3. The zero-order valence-corrected chi connectivity index (χ0v) is 13.4. The van der Waals surface area contributed by atoms with Crippen molar-refractivity contribution in [3.05, 3.63) is 41.4 Å². The van der Waals surface area contributed by atoms with Crippen molar-refractivity contribution in [1.82, 2.24) is 14.9 Å². The third-order valence-electron chi connectivity index (χ3n) is 3.17. The molecule has 0 fully saturated rings. The van der Waals surface area contributed by atoms with Crippen molar-refractivity contribution in [2.45, 2.75) is 19.9 Å². The van der Waals surface area contributed by atoms with Crippen LogP contribution in [0.2, 0.25) is 5.02 Å². The maximum atomic E-state index is 11.9. The van der Waals surface area contributed by atoms with E-state index in [0.29, 0.717) is 23.0 Å². The first kappa shape index (κ1) is 16.2. The number of anilines is 1. The highest BCUT2D eigenvalue weighted by Gasteiger charge is 2.09. The van der Waals surface area contributed by atoms with Crippen LogP contribution in [0.3, 0.4) is 0 Å². The molecule has 22 heavy (non-hydrogen) atoms.